The third kappa shape index (κ3) is 1.67. The van der Waals surface area contributed by atoms with E-state index in [9.17, 15) is 4.79 Å². The minimum absolute atomic E-state index is 0.125. The summed E-state index contributed by atoms with van der Waals surface area (Å²) >= 11 is 1.71. The summed E-state index contributed by atoms with van der Waals surface area (Å²) in [5, 5.41) is 0. The van der Waals surface area contributed by atoms with Crippen LogP contribution >= 0.6 is 11.8 Å². The predicted molar refractivity (Wildman–Crippen MR) is 68.4 cm³/mol. The molecule has 0 spiro atoms. The first-order valence-corrected chi connectivity index (χ1v) is 6.46. The van der Waals surface area contributed by atoms with Gasteiger partial charge in [-0.1, -0.05) is 12.1 Å². The molecule has 2 heterocycles. The molecule has 17 heavy (non-hydrogen) atoms. The van der Waals surface area contributed by atoms with Gasteiger partial charge in [-0.25, -0.2) is 0 Å². The number of carbonyl (C=O) groups excluding carboxylic acids is 1. The van der Waals surface area contributed by atoms with Crippen LogP contribution in [0.1, 0.15) is 27.0 Å². The molecule has 0 unspecified atom stereocenters. The van der Waals surface area contributed by atoms with Gasteiger partial charge in [-0.15, -0.1) is 11.8 Å². The molecule has 2 aromatic rings. The molecule has 0 fully saturated rings. The number of benzene rings is 1. The molecule has 0 bridgehead atoms. The maximum absolute atomic E-state index is 12.5. The molecule has 84 valence electrons. The average molecular weight is 241 g/mol. The van der Waals surface area contributed by atoms with Crippen LogP contribution in [0.2, 0.25) is 0 Å². The summed E-state index contributed by atoms with van der Waals surface area (Å²) in [4.78, 5) is 17.7. The van der Waals surface area contributed by atoms with Crippen LogP contribution in [0, 0.1) is 6.92 Å². The zero-order valence-corrected chi connectivity index (χ0v) is 10.3. The van der Waals surface area contributed by atoms with Gasteiger partial charge in [0.05, 0.1) is 0 Å². The van der Waals surface area contributed by atoms with Gasteiger partial charge in [0.1, 0.15) is 0 Å². The van der Waals surface area contributed by atoms with Crippen LogP contribution in [0.5, 0.6) is 0 Å². The van der Waals surface area contributed by atoms with Crippen LogP contribution in [-0.2, 0) is 5.75 Å². The molecule has 0 saturated carbocycles. The van der Waals surface area contributed by atoms with Gasteiger partial charge in [0.25, 0.3) is 0 Å². The lowest BCUT2D eigenvalue weighted by Gasteiger charge is -2.07. The van der Waals surface area contributed by atoms with E-state index < -0.39 is 0 Å². The van der Waals surface area contributed by atoms with Crippen LogP contribution in [0.4, 0.5) is 0 Å². The van der Waals surface area contributed by atoms with E-state index in [0.29, 0.717) is 0 Å². The predicted octanol–water partition coefficient (Wildman–Crippen LogP) is 3.23. The highest BCUT2D eigenvalue weighted by molar-refractivity contribution is 7.98. The molecule has 0 amide bonds. The van der Waals surface area contributed by atoms with Gasteiger partial charge >= 0.3 is 0 Å². The standard InChI is InChI=1S/C14H11NOS/c1-9-3-2-4-12-13(9)14(16)11-5-6-15-7-10(11)8-17-12/h2-7H,8H2,1H3. The van der Waals surface area contributed by atoms with Crippen molar-refractivity contribution in [2.75, 3.05) is 0 Å². The van der Waals surface area contributed by atoms with E-state index in [0.717, 1.165) is 32.9 Å². The molecule has 2 nitrogen and oxygen atoms in total. The number of nitrogens with zero attached hydrogens (tertiary/aromatic N) is 1. The number of hydrogen-bond acceptors (Lipinski definition) is 3. The number of aryl methyl sites for hydroxylation is 1. The Morgan fingerprint density at radius 2 is 2.18 bits per heavy atom. The molecule has 0 aliphatic carbocycles. The molecular weight excluding hydrogens is 230 g/mol. The number of ketones is 1. The Morgan fingerprint density at radius 1 is 1.29 bits per heavy atom. The molecule has 1 aromatic carbocycles. The Hall–Kier alpha value is -1.61. The van der Waals surface area contributed by atoms with Crippen molar-refractivity contribution >= 4 is 17.5 Å². The third-order valence-corrected chi connectivity index (χ3v) is 4.10. The fourth-order valence-electron chi connectivity index (χ4n) is 2.11. The summed E-state index contributed by atoms with van der Waals surface area (Å²) in [6, 6.07) is 7.83. The smallest absolute Gasteiger partial charge is 0.194 e. The van der Waals surface area contributed by atoms with Crippen LogP contribution in [0.15, 0.2) is 41.6 Å². The highest BCUT2D eigenvalue weighted by atomic mass is 32.2. The first kappa shape index (κ1) is 10.5. The number of rotatable bonds is 0. The van der Waals surface area contributed by atoms with Crippen LogP contribution in [-0.4, -0.2) is 10.8 Å². The van der Waals surface area contributed by atoms with E-state index in [1.54, 1.807) is 24.2 Å². The number of pyridine rings is 1. The minimum Gasteiger partial charge on any atom is -0.289 e. The SMILES string of the molecule is Cc1cccc2c1C(=O)c1ccncc1CS2. The van der Waals surface area contributed by atoms with Crippen molar-refractivity contribution in [1.29, 1.82) is 0 Å². The average Bonchev–Trinajstić information content (AvgIpc) is 2.49. The van der Waals surface area contributed by atoms with Gasteiger partial charge in [-0.05, 0) is 30.2 Å². The Kier molecular flexibility index (Phi) is 2.48. The van der Waals surface area contributed by atoms with Crippen molar-refractivity contribution < 1.29 is 4.79 Å². The topological polar surface area (TPSA) is 30.0 Å². The summed E-state index contributed by atoms with van der Waals surface area (Å²) < 4.78 is 0. The van der Waals surface area contributed by atoms with Crippen molar-refractivity contribution in [2.45, 2.75) is 17.6 Å². The Bertz CT molecular complexity index is 607. The van der Waals surface area contributed by atoms with Crippen LogP contribution < -0.4 is 0 Å². The van der Waals surface area contributed by atoms with Crippen molar-refractivity contribution in [3.8, 4) is 0 Å². The largest absolute Gasteiger partial charge is 0.289 e. The Morgan fingerprint density at radius 3 is 3.06 bits per heavy atom. The van der Waals surface area contributed by atoms with Gasteiger partial charge in [0, 0.05) is 34.2 Å². The number of fused-ring (bicyclic) bond motifs is 2. The first-order valence-electron chi connectivity index (χ1n) is 5.47. The van der Waals surface area contributed by atoms with E-state index in [2.05, 4.69) is 4.98 Å². The zero-order valence-electron chi connectivity index (χ0n) is 9.43. The normalized spacial score (nSPS) is 13.8. The highest BCUT2D eigenvalue weighted by Gasteiger charge is 2.22. The number of aromatic nitrogens is 1. The maximum atomic E-state index is 12.5. The second-order valence-corrected chi connectivity index (χ2v) is 5.12. The molecule has 3 heteroatoms. The maximum Gasteiger partial charge on any atom is 0.194 e. The van der Waals surface area contributed by atoms with Crippen LogP contribution in [0.3, 0.4) is 0 Å². The first-order chi connectivity index (χ1) is 8.27. The summed E-state index contributed by atoms with van der Waals surface area (Å²) in [7, 11) is 0. The van der Waals surface area contributed by atoms with Gasteiger partial charge in [-0.3, -0.25) is 9.78 Å². The lowest BCUT2D eigenvalue weighted by atomic mass is 9.97. The van der Waals surface area contributed by atoms with Crippen LogP contribution in [0.25, 0.3) is 0 Å². The zero-order chi connectivity index (χ0) is 11.8. The number of carbonyl (C=O) groups is 1. The van der Waals surface area contributed by atoms with E-state index in [4.69, 9.17) is 0 Å². The molecule has 3 rings (SSSR count). The summed E-state index contributed by atoms with van der Waals surface area (Å²) in [6.07, 6.45) is 3.48. The molecule has 1 aliphatic heterocycles. The lowest BCUT2D eigenvalue weighted by Crippen LogP contribution is -2.05. The van der Waals surface area contributed by atoms with E-state index in [-0.39, 0.29) is 5.78 Å². The minimum atomic E-state index is 0.125. The number of hydrogen-bond donors (Lipinski definition) is 0. The molecule has 1 aromatic heterocycles. The van der Waals surface area contributed by atoms with Gasteiger partial charge in [0.15, 0.2) is 5.78 Å². The van der Waals surface area contributed by atoms with E-state index in [1.165, 1.54) is 0 Å². The van der Waals surface area contributed by atoms with Crippen molar-refractivity contribution in [2.24, 2.45) is 0 Å². The highest BCUT2D eigenvalue weighted by Crippen LogP contribution is 2.34. The van der Waals surface area contributed by atoms with Gasteiger partial charge in [0.2, 0.25) is 0 Å². The van der Waals surface area contributed by atoms with Gasteiger partial charge < -0.3 is 0 Å². The molecule has 1 aliphatic rings. The molecule has 0 radical (unpaired) electrons. The van der Waals surface area contributed by atoms with Crippen molar-refractivity contribution in [3.05, 3.63) is 58.9 Å². The van der Waals surface area contributed by atoms with Crippen molar-refractivity contribution in [1.82, 2.24) is 4.98 Å². The summed E-state index contributed by atoms with van der Waals surface area (Å²) in [5.41, 5.74) is 3.71. The molecule has 0 N–H and O–H groups in total. The second-order valence-electron chi connectivity index (χ2n) is 4.10. The monoisotopic (exact) mass is 241 g/mol. The molecular formula is C14H11NOS. The van der Waals surface area contributed by atoms with Gasteiger partial charge in [-0.2, -0.15) is 0 Å². The van der Waals surface area contributed by atoms with Crippen molar-refractivity contribution in [3.63, 3.8) is 0 Å². The van der Waals surface area contributed by atoms with E-state index >= 15 is 0 Å². The molecule has 0 saturated heterocycles. The van der Waals surface area contributed by atoms with E-state index in [1.807, 2.05) is 31.2 Å². The third-order valence-electron chi connectivity index (χ3n) is 2.99. The quantitative estimate of drug-likeness (QED) is 0.709. The second kappa shape index (κ2) is 4.00. The summed E-state index contributed by atoms with van der Waals surface area (Å²) in [5.74, 6) is 0.936. The fourth-order valence-corrected chi connectivity index (χ4v) is 3.22. The summed E-state index contributed by atoms with van der Waals surface area (Å²) in [6.45, 7) is 1.99. The Labute approximate surface area is 104 Å². The lowest BCUT2D eigenvalue weighted by molar-refractivity contribution is 0.103. The number of thioether (sulfide) groups is 1. The molecule has 0 atom stereocenters. The Balaban J connectivity index is 2.26. The fraction of sp³-hybridized carbons (Fsp3) is 0.143.